The van der Waals surface area contributed by atoms with Gasteiger partial charge in [0.15, 0.2) is 0 Å². The first-order valence-electron chi connectivity index (χ1n) is 9.88. The molecule has 3 heterocycles. The van der Waals surface area contributed by atoms with Crippen LogP contribution in [0.3, 0.4) is 0 Å². The third-order valence-electron chi connectivity index (χ3n) is 5.03. The number of carbonyl (C=O) groups excluding carboxylic acids is 2. The van der Waals surface area contributed by atoms with Crippen molar-refractivity contribution < 1.29 is 9.59 Å². The molecule has 0 fully saturated rings. The second-order valence-corrected chi connectivity index (χ2v) is 8.91. The van der Waals surface area contributed by atoms with Gasteiger partial charge in [0.2, 0.25) is 0 Å². The molecule has 0 radical (unpaired) electrons. The number of thiophene rings is 1. The quantitative estimate of drug-likeness (QED) is 0.440. The van der Waals surface area contributed by atoms with Crippen LogP contribution in [0.4, 0.5) is 5.00 Å². The molecule has 4 rings (SSSR count). The molecule has 0 aliphatic heterocycles. The van der Waals surface area contributed by atoms with E-state index in [-0.39, 0.29) is 11.5 Å². The number of halogens is 1. The molecule has 0 atom stereocenters. The summed E-state index contributed by atoms with van der Waals surface area (Å²) < 4.78 is 0. The number of hydrogen-bond acceptors (Lipinski definition) is 6. The summed E-state index contributed by atoms with van der Waals surface area (Å²) in [6.45, 7) is 1.70. The van der Waals surface area contributed by atoms with Gasteiger partial charge in [0.1, 0.15) is 11.1 Å². The summed E-state index contributed by atoms with van der Waals surface area (Å²) in [7, 11) is 3.27. The minimum Gasteiger partial charge on any atom is -0.344 e. The molecule has 0 unspecified atom stereocenters. The average molecular weight is 476 g/mol. The Kier molecular flexibility index (Phi) is 6.09. The Balaban J connectivity index is 1.82. The molecule has 1 N–H and O–H groups in total. The molecule has 0 aliphatic carbocycles. The number of rotatable bonds is 4. The number of nitrogens with zero attached hydrogens (tertiary/aromatic N) is 4. The molecular weight excluding hydrogens is 458 g/mol. The summed E-state index contributed by atoms with van der Waals surface area (Å²) >= 11 is 7.27. The predicted octanol–water partition coefficient (Wildman–Crippen LogP) is 5.15. The van der Waals surface area contributed by atoms with Crippen LogP contribution in [0.5, 0.6) is 0 Å². The lowest BCUT2D eigenvalue weighted by Gasteiger charge is -2.10. The highest BCUT2D eigenvalue weighted by molar-refractivity contribution is 7.18. The van der Waals surface area contributed by atoms with Gasteiger partial charge in [-0.2, -0.15) is 5.26 Å². The number of nitrogens with one attached hydrogen (secondary N) is 1. The molecule has 7 nitrogen and oxygen atoms in total. The molecule has 0 aliphatic rings. The molecule has 164 valence electrons. The van der Waals surface area contributed by atoms with E-state index in [9.17, 15) is 14.9 Å². The zero-order valence-electron chi connectivity index (χ0n) is 18.0. The third-order valence-corrected chi connectivity index (χ3v) is 6.46. The maximum Gasteiger partial charge on any atom is 0.263 e. The first-order chi connectivity index (χ1) is 15.8. The van der Waals surface area contributed by atoms with Gasteiger partial charge in [0.25, 0.3) is 11.8 Å². The fourth-order valence-corrected chi connectivity index (χ4v) is 4.69. The number of aromatic nitrogens is 2. The van der Waals surface area contributed by atoms with E-state index < -0.39 is 5.91 Å². The van der Waals surface area contributed by atoms with Crippen LogP contribution in [-0.2, 0) is 0 Å². The van der Waals surface area contributed by atoms with Crippen molar-refractivity contribution in [2.45, 2.75) is 6.92 Å². The van der Waals surface area contributed by atoms with Gasteiger partial charge in [-0.05, 0) is 48.9 Å². The van der Waals surface area contributed by atoms with Gasteiger partial charge < -0.3 is 10.2 Å². The Bertz CT molecular complexity index is 1440. The van der Waals surface area contributed by atoms with Crippen molar-refractivity contribution >= 4 is 50.7 Å². The van der Waals surface area contributed by atoms with E-state index in [0.717, 1.165) is 11.3 Å². The van der Waals surface area contributed by atoms with Crippen molar-refractivity contribution in [3.05, 3.63) is 75.3 Å². The van der Waals surface area contributed by atoms with Crippen LogP contribution < -0.4 is 5.32 Å². The molecule has 33 heavy (non-hydrogen) atoms. The molecule has 3 aromatic heterocycles. The van der Waals surface area contributed by atoms with Gasteiger partial charge in [-0.1, -0.05) is 17.7 Å². The van der Waals surface area contributed by atoms with Gasteiger partial charge in [-0.3, -0.25) is 14.6 Å². The number of benzene rings is 1. The van der Waals surface area contributed by atoms with Gasteiger partial charge in [-0.25, -0.2) is 4.98 Å². The molecule has 0 saturated heterocycles. The standard InChI is InChI=1S/C24H18ClN5O2S/c1-13-17(12-26)23(33-21(13)24(32)30(2)3)29-22(31)16-11-20(19-6-4-5-9-27-19)28-18-8-7-14(25)10-15(16)18/h4-11H,1-3H3,(H,29,31). The summed E-state index contributed by atoms with van der Waals surface area (Å²) in [6.07, 6.45) is 1.65. The van der Waals surface area contributed by atoms with E-state index in [1.165, 1.54) is 4.90 Å². The summed E-state index contributed by atoms with van der Waals surface area (Å²) in [5.74, 6) is -0.670. The highest BCUT2D eigenvalue weighted by Gasteiger charge is 2.24. The molecule has 0 spiro atoms. The number of fused-ring (bicyclic) bond motifs is 1. The third kappa shape index (κ3) is 4.29. The normalized spacial score (nSPS) is 10.6. The number of hydrogen-bond donors (Lipinski definition) is 1. The average Bonchev–Trinajstić information content (AvgIpc) is 3.12. The molecule has 0 saturated carbocycles. The Morgan fingerprint density at radius 3 is 2.61 bits per heavy atom. The number of amides is 2. The Morgan fingerprint density at radius 1 is 1.15 bits per heavy atom. The first kappa shape index (κ1) is 22.4. The Morgan fingerprint density at radius 2 is 1.94 bits per heavy atom. The second kappa shape index (κ2) is 8.98. The number of carbonyl (C=O) groups is 2. The highest BCUT2D eigenvalue weighted by atomic mass is 35.5. The molecular formula is C24H18ClN5O2S. The van der Waals surface area contributed by atoms with Crippen LogP contribution in [0.25, 0.3) is 22.3 Å². The monoisotopic (exact) mass is 475 g/mol. The summed E-state index contributed by atoms with van der Waals surface area (Å²) in [4.78, 5) is 36.7. The van der Waals surface area contributed by atoms with Crippen LogP contribution in [0, 0.1) is 18.3 Å². The van der Waals surface area contributed by atoms with Crippen molar-refractivity contribution in [3.8, 4) is 17.5 Å². The van der Waals surface area contributed by atoms with E-state index >= 15 is 0 Å². The molecule has 0 bridgehead atoms. The molecule has 4 aromatic rings. The Hall–Kier alpha value is -3.80. The SMILES string of the molecule is Cc1c(C(=O)N(C)C)sc(NC(=O)c2cc(-c3ccccn3)nc3ccc(Cl)cc23)c1C#N. The van der Waals surface area contributed by atoms with Crippen molar-refractivity contribution in [1.29, 1.82) is 5.26 Å². The molecule has 9 heteroatoms. The zero-order valence-corrected chi connectivity index (χ0v) is 19.6. The lowest BCUT2D eigenvalue weighted by molar-refractivity contribution is 0.0831. The number of anilines is 1. The van der Waals surface area contributed by atoms with Gasteiger partial charge in [0, 0.05) is 30.7 Å². The largest absolute Gasteiger partial charge is 0.344 e. The van der Waals surface area contributed by atoms with Crippen LogP contribution in [-0.4, -0.2) is 40.8 Å². The van der Waals surface area contributed by atoms with E-state index in [1.807, 2.05) is 6.07 Å². The van der Waals surface area contributed by atoms with Crippen molar-refractivity contribution in [2.75, 3.05) is 19.4 Å². The summed E-state index contributed by atoms with van der Waals surface area (Å²) in [5.41, 5.74) is 2.86. The smallest absolute Gasteiger partial charge is 0.263 e. The maximum absolute atomic E-state index is 13.4. The van der Waals surface area contributed by atoms with E-state index in [1.54, 1.807) is 63.6 Å². The fraction of sp³-hybridized carbons (Fsp3) is 0.125. The van der Waals surface area contributed by atoms with Crippen LogP contribution >= 0.6 is 22.9 Å². The Labute approximate surface area is 199 Å². The maximum atomic E-state index is 13.4. The summed E-state index contributed by atoms with van der Waals surface area (Å²) in [5, 5.41) is 13.8. The van der Waals surface area contributed by atoms with Crippen LogP contribution in [0.1, 0.15) is 31.2 Å². The van der Waals surface area contributed by atoms with Gasteiger partial charge in [-0.15, -0.1) is 11.3 Å². The van der Waals surface area contributed by atoms with E-state index in [4.69, 9.17) is 11.6 Å². The predicted molar refractivity (Wildman–Crippen MR) is 130 cm³/mol. The fourth-order valence-electron chi connectivity index (χ4n) is 3.35. The first-order valence-corrected chi connectivity index (χ1v) is 11.1. The zero-order chi connectivity index (χ0) is 23.7. The van der Waals surface area contributed by atoms with E-state index in [0.29, 0.717) is 48.3 Å². The van der Waals surface area contributed by atoms with Crippen molar-refractivity contribution in [2.24, 2.45) is 0 Å². The number of pyridine rings is 2. The lowest BCUT2D eigenvalue weighted by Crippen LogP contribution is -2.21. The number of nitriles is 1. The van der Waals surface area contributed by atoms with E-state index in [2.05, 4.69) is 21.4 Å². The van der Waals surface area contributed by atoms with Crippen LogP contribution in [0.15, 0.2) is 48.7 Å². The minimum atomic E-state index is -0.441. The van der Waals surface area contributed by atoms with Crippen molar-refractivity contribution in [3.63, 3.8) is 0 Å². The minimum absolute atomic E-state index is 0.229. The summed E-state index contributed by atoms with van der Waals surface area (Å²) in [6, 6.07) is 14.3. The van der Waals surface area contributed by atoms with Gasteiger partial charge in [0.05, 0.1) is 32.9 Å². The topological polar surface area (TPSA) is 99.0 Å². The van der Waals surface area contributed by atoms with Crippen molar-refractivity contribution in [1.82, 2.24) is 14.9 Å². The molecule has 2 amide bonds. The lowest BCUT2D eigenvalue weighted by atomic mass is 10.1. The highest BCUT2D eigenvalue weighted by Crippen LogP contribution is 2.34. The molecule has 1 aromatic carbocycles. The second-order valence-electron chi connectivity index (χ2n) is 7.46. The van der Waals surface area contributed by atoms with Gasteiger partial charge >= 0.3 is 0 Å². The van der Waals surface area contributed by atoms with Crippen LogP contribution in [0.2, 0.25) is 5.02 Å².